The Hall–Kier alpha value is -3.55. The summed E-state index contributed by atoms with van der Waals surface area (Å²) in [5.74, 6) is -0.117. The lowest BCUT2D eigenvalue weighted by molar-refractivity contribution is -0.118. The van der Waals surface area contributed by atoms with Gasteiger partial charge in [-0.05, 0) is 90.0 Å². The van der Waals surface area contributed by atoms with Crippen LogP contribution in [0.2, 0.25) is 5.02 Å². The van der Waals surface area contributed by atoms with Gasteiger partial charge in [0.2, 0.25) is 0 Å². The van der Waals surface area contributed by atoms with Crippen LogP contribution < -0.4 is 20.1 Å². The van der Waals surface area contributed by atoms with E-state index in [4.69, 9.17) is 21.1 Å². The number of anilines is 2. The molecular weight excluding hydrogens is 593 g/mol. The molecule has 0 fully saturated rings. The molecule has 2 N–H and O–H groups in total. The second-order valence-electron chi connectivity index (χ2n) is 7.57. The zero-order chi connectivity index (χ0) is 26.1. The smallest absolute Gasteiger partial charge is 0.266 e. The minimum absolute atomic E-state index is 0.112. The normalized spacial score (nSPS) is 10.8. The number of para-hydroxylation sites is 1. The van der Waals surface area contributed by atoms with E-state index in [0.29, 0.717) is 43.6 Å². The minimum atomic E-state index is -0.591. The molecule has 0 saturated carbocycles. The van der Waals surface area contributed by atoms with Crippen molar-refractivity contribution in [1.82, 2.24) is 0 Å². The average Bonchev–Trinajstić information content (AvgIpc) is 2.83. The molecule has 0 unspecified atom stereocenters. The molecule has 3 aromatic rings. The van der Waals surface area contributed by atoms with E-state index >= 15 is 0 Å². The Labute approximate surface area is 228 Å². The molecule has 0 aliphatic rings. The van der Waals surface area contributed by atoms with Crippen LogP contribution in [0.4, 0.5) is 11.4 Å². The number of benzene rings is 3. The van der Waals surface area contributed by atoms with Crippen molar-refractivity contribution in [3.63, 3.8) is 0 Å². The summed E-state index contributed by atoms with van der Waals surface area (Å²) in [4.78, 5) is 25.0. The van der Waals surface area contributed by atoms with E-state index in [1.54, 1.807) is 42.5 Å². The molecule has 0 saturated heterocycles. The van der Waals surface area contributed by atoms with Crippen molar-refractivity contribution < 1.29 is 19.1 Å². The Bertz CT molecular complexity index is 1350. The summed E-state index contributed by atoms with van der Waals surface area (Å²) in [6.07, 6.45) is 1.45. The number of hydrogen-bond donors (Lipinski definition) is 2. The van der Waals surface area contributed by atoms with Crippen LogP contribution in [0.5, 0.6) is 11.5 Å². The fraction of sp³-hybridized carbons (Fsp3) is 0.148. The quantitative estimate of drug-likeness (QED) is 0.169. The number of amides is 2. The van der Waals surface area contributed by atoms with Gasteiger partial charge in [-0.1, -0.05) is 35.9 Å². The second-order valence-corrected chi connectivity index (χ2v) is 9.14. The van der Waals surface area contributed by atoms with Crippen LogP contribution in [-0.2, 0) is 9.59 Å². The van der Waals surface area contributed by atoms with Gasteiger partial charge in [-0.25, -0.2) is 0 Å². The van der Waals surface area contributed by atoms with Crippen molar-refractivity contribution >= 4 is 63.5 Å². The highest BCUT2D eigenvalue weighted by atomic mass is 127. The summed E-state index contributed by atoms with van der Waals surface area (Å²) in [6, 6.07) is 19.5. The second kappa shape index (κ2) is 13.0. The van der Waals surface area contributed by atoms with Crippen molar-refractivity contribution in [2.24, 2.45) is 0 Å². The van der Waals surface area contributed by atoms with Gasteiger partial charge >= 0.3 is 0 Å². The van der Waals surface area contributed by atoms with Crippen molar-refractivity contribution in [2.75, 3.05) is 23.8 Å². The number of hydrogen-bond acceptors (Lipinski definition) is 5. The number of ether oxygens (including phenoxy) is 2. The first-order valence-corrected chi connectivity index (χ1v) is 12.4. The molecule has 36 heavy (non-hydrogen) atoms. The first-order valence-electron chi connectivity index (χ1n) is 10.9. The average molecular weight is 616 g/mol. The number of rotatable bonds is 9. The van der Waals surface area contributed by atoms with Crippen LogP contribution in [0.1, 0.15) is 18.1 Å². The molecule has 0 heterocycles. The Balaban J connectivity index is 1.78. The molecule has 184 valence electrons. The molecule has 0 aromatic heterocycles. The number of nitrogens with one attached hydrogen (secondary N) is 2. The molecule has 9 heteroatoms. The predicted octanol–water partition coefficient (Wildman–Crippen LogP) is 6.21. The highest BCUT2D eigenvalue weighted by Crippen LogP contribution is 2.35. The molecule has 0 atom stereocenters. The largest absolute Gasteiger partial charge is 0.490 e. The molecule has 3 aromatic carbocycles. The Kier molecular flexibility index (Phi) is 9.73. The van der Waals surface area contributed by atoms with Crippen LogP contribution in [0, 0.1) is 21.8 Å². The third-order valence-corrected chi connectivity index (χ3v) is 5.91. The summed E-state index contributed by atoms with van der Waals surface area (Å²) in [5.41, 5.74) is 2.57. The van der Waals surface area contributed by atoms with Crippen molar-refractivity contribution in [3.8, 4) is 17.6 Å². The molecule has 0 spiro atoms. The van der Waals surface area contributed by atoms with Crippen LogP contribution in [-0.4, -0.2) is 25.0 Å². The molecule has 3 rings (SSSR count). The van der Waals surface area contributed by atoms with Crippen molar-refractivity contribution in [3.05, 3.63) is 86.0 Å². The third-order valence-electron chi connectivity index (χ3n) is 4.78. The van der Waals surface area contributed by atoms with E-state index in [1.165, 1.54) is 6.08 Å². The van der Waals surface area contributed by atoms with Crippen LogP contribution in [0.15, 0.2) is 66.2 Å². The lowest BCUT2D eigenvalue weighted by atomic mass is 10.1. The highest BCUT2D eigenvalue weighted by Gasteiger charge is 2.16. The minimum Gasteiger partial charge on any atom is -0.490 e. The van der Waals surface area contributed by atoms with Crippen LogP contribution in [0.3, 0.4) is 0 Å². The molecule has 0 bridgehead atoms. The maximum absolute atomic E-state index is 12.6. The zero-order valence-electron chi connectivity index (χ0n) is 19.6. The summed E-state index contributed by atoms with van der Waals surface area (Å²) in [5, 5.41) is 15.4. The van der Waals surface area contributed by atoms with Gasteiger partial charge in [-0.2, -0.15) is 5.26 Å². The van der Waals surface area contributed by atoms with Gasteiger partial charge in [0, 0.05) is 5.69 Å². The van der Waals surface area contributed by atoms with Crippen LogP contribution >= 0.6 is 34.2 Å². The maximum atomic E-state index is 12.6. The molecule has 0 aliphatic carbocycles. The van der Waals surface area contributed by atoms with Gasteiger partial charge in [0.15, 0.2) is 18.1 Å². The third kappa shape index (κ3) is 7.47. The summed E-state index contributed by atoms with van der Waals surface area (Å²) < 4.78 is 12.2. The summed E-state index contributed by atoms with van der Waals surface area (Å²) >= 11 is 8.16. The number of nitriles is 1. The number of aryl methyl sites for hydroxylation is 1. The topological polar surface area (TPSA) is 100 Å². The van der Waals surface area contributed by atoms with Gasteiger partial charge in [-0.3, -0.25) is 9.59 Å². The predicted molar refractivity (Wildman–Crippen MR) is 149 cm³/mol. The highest BCUT2D eigenvalue weighted by molar-refractivity contribution is 14.1. The molecule has 7 nitrogen and oxygen atoms in total. The van der Waals surface area contributed by atoms with E-state index in [2.05, 4.69) is 33.2 Å². The van der Waals surface area contributed by atoms with E-state index in [1.807, 2.05) is 38.1 Å². The number of halogens is 2. The number of nitrogens with zero attached hydrogens (tertiary/aromatic N) is 1. The van der Waals surface area contributed by atoms with E-state index < -0.39 is 5.91 Å². The first-order chi connectivity index (χ1) is 17.3. The van der Waals surface area contributed by atoms with Gasteiger partial charge in [0.05, 0.1) is 20.9 Å². The SMILES string of the molecule is CCOc1cc(/C=C(\C#N)C(=O)Nc2ccccc2Cl)cc(I)c1OCC(=O)Nc1cccc(C)c1. The fourth-order valence-electron chi connectivity index (χ4n) is 3.20. The lowest BCUT2D eigenvalue weighted by Crippen LogP contribution is -2.20. The van der Waals surface area contributed by atoms with Crippen molar-refractivity contribution in [1.29, 1.82) is 5.26 Å². The van der Waals surface area contributed by atoms with E-state index in [0.717, 1.165) is 5.56 Å². The molecule has 0 aliphatic heterocycles. The van der Waals surface area contributed by atoms with Gasteiger partial charge in [0.25, 0.3) is 11.8 Å². The Morgan fingerprint density at radius 1 is 1.08 bits per heavy atom. The van der Waals surface area contributed by atoms with Gasteiger partial charge in [0.1, 0.15) is 11.6 Å². The van der Waals surface area contributed by atoms with Gasteiger partial charge in [-0.15, -0.1) is 0 Å². The number of carbonyl (C=O) groups excluding carboxylic acids is 2. The standard InChI is InChI=1S/C27H23ClIN3O4/c1-3-35-24-14-18(12-19(15-30)27(34)32-23-10-5-4-9-21(23)28)13-22(29)26(24)36-16-25(33)31-20-8-6-7-17(2)11-20/h4-14H,3,16H2,1-2H3,(H,31,33)(H,32,34)/b19-12+. The Morgan fingerprint density at radius 3 is 2.56 bits per heavy atom. The molecule has 2 amide bonds. The van der Waals surface area contributed by atoms with E-state index in [9.17, 15) is 14.9 Å². The van der Waals surface area contributed by atoms with Crippen molar-refractivity contribution in [2.45, 2.75) is 13.8 Å². The zero-order valence-corrected chi connectivity index (χ0v) is 22.5. The lowest BCUT2D eigenvalue weighted by Gasteiger charge is -2.15. The monoisotopic (exact) mass is 615 g/mol. The first kappa shape index (κ1) is 27.0. The summed E-state index contributed by atoms with van der Waals surface area (Å²) in [6.45, 7) is 3.90. The number of carbonyl (C=O) groups is 2. The molecular formula is C27H23ClIN3O4. The fourth-order valence-corrected chi connectivity index (χ4v) is 4.16. The van der Waals surface area contributed by atoms with Gasteiger partial charge < -0.3 is 20.1 Å². The molecule has 0 radical (unpaired) electrons. The summed E-state index contributed by atoms with van der Waals surface area (Å²) in [7, 11) is 0. The Morgan fingerprint density at radius 2 is 1.86 bits per heavy atom. The van der Waals surface area contributed by atoms with Crippen LogP contribution in [0.25, 0.3) is 6.08 Å². The van der Waals surface area contributed by atoms with E-state index in [-0.39, 0.29) is 18.1 Å². The maximum Gasteiger partial charge on any atom is 0.266 e.